The molecule has 1 aliphatic rings. The van der Waals surface area contributed by atoms with Crippen LogP contribution in [0.4, 0.5) is 0 Å². The first-order valence-electron chi connectivity index (χ1n) is 10.0. The Morgan fingerprint density at radius 1 is 1.13 bits per heavy atom. The second kappa shape index (κ2) is 9.81. The van der Waals surface area contributed by atoms with Gasteiger partial charge in [0.25, 0.3) is 5.91 Å². The first kappa shape index (κ1) is 22.6. The second-order valence-electron chi connectivity index (χ2n) is 7.35. The smallest absolute Gasteiger partial charge is 0.257 e. The molecule has 2 aromatic carbocycles. The van der Waals surface area contributed by atoms with Crippen molar-refractivity contribution in [3.63, 3.8) is 0 Å². The van der Waals surface area contributed by atoms with Gasteiger partial charge in [0.1, 0.15) is 12.4 Å². The first-order valence-corrected chi connectivity index (χ1v) is 12.0. The van der Waals surface area contributed by atoms with Gasteiger partial charge in [0.2, 0.25) is 10.0 Å². The molecule has 0 bridgehead atoms. The number of ether oxygens (including phenoxy) is 1. The van der Waals surface area contributed by atoms with E-state index in [4.69, 9.17) is 16.3 Å². The van der Waals surface area contributed by atoms with Crippen LogP contribution in [0.25, 0.3) is 0 Å². The van der Waals surface area contributed by atoms with Gasteiger partial charge >= 0.3 is 0 Å². The monoisotopic (exact) mass is 450 g/mol. The van der Waals surface area contributed by atoms with Gasteiger partial charge in [-0.1, -0.05) is 35.9 Å². The Labute approximate surface area is 183 Å². The van der Waals surface area contributed by atoms with Crippen molar-refractivity contribution in [1.29, 1.82) is 0 Å². The standard InChI is InChI=1S/C22H27ClN2O4S/c1-3-30(27,28)24(2)19-12-14-25(15-13-19)22(26)20-6-4-5-7-21(20)29-16-17-8-10-18(23)11-9-17/h4-11,19H,3,12-16H2,1-2H3. The van der Waals surface area contributed by atoms with E-state index in [1.54, 1.807) is 43.1 Å². The number of likely N-dealkylation sites (tertiary alicyclic amines) is 1. The zero-order chi connectivity index (χ0) is 21.7. The van der Waals surface area contributed by atoms with E-state index in [2.05, 4.69) is 0 Å². The van der Waals surface area contributed by atoms with Crippen LogP contribution in [0, 0.1) is 0 Å². The lowest BCUT2D eigenvalue weighted by atomic mass is 10.0. The summed E-state index contributed by atoms with van der Waals surface area (Å²) in [5, 5.41) is 0.662. The molecular formula is C22H27ClN2O4S. The third-order valence-corrected chi connectivity index (χ3v) is 7.65. The summed E-state index contributed by atoms with van der Waals surface area (Å²) in [4.78, 5) is 14.9. The normalized spacial score (nSPS) is 15.4. The Kier molecular flexibility index (Phi) is 7.39. The fourth-order valence-electron chi connectivity index (χ4n) is 3.54. The van der Waals surface area contributed by atoms with E-state index in [1.807, 2.05) is 24.3 Å². The van der Waals surface area contributed by atoms with Crippen LogP contribution in [-0.4, -0.2) is 55.5 Å². The number of amides is 1. The van der Waals surface area contributed by atoms with Crippen molar-refractivity contribution in [3.8, 4) is 5.75 Å². The number of carbonyl (C=O) groups excluding carboxylic acids is 1. The highest BCUT2D eigenvalue weighted by Gasteiger charge is 2.31. The number of benzene rings is 2. The molecule has 1 aliphatic heterocycles. The number of carbonyl (C=O) groups is 1. The average molecular weight is 451 g/mol. The zero-order valence-electron chi connectivity index (χ0n) is 17.3. The van der Waals surface area contributed by atoms with Gasteiger partial charge in [-0.25, -0.2) is 12.7 Å². The molecule has 6 nitrogen and oxygen atoms in total. The number of para-hydroxylation sites is 1. The molecule has 0 saturated carbocycles. The number of hydrogen-bond donors (Lipinski definition) is 0. The minimum absolute atomic E-state index is 0.0737. The predicted octanol–water partition coefficient (Wildman–Crippen LogP) is 3.81. The van der Waals surface area contributed by atoms with Gasteiger partial charge in [-0.05, 0) is 49.6 Å². The van der Waals surface area contributed by atoms with Crippen molar-refractivity contribution in [2.45, 2.75) is 32.4 Å². The van der Waals surface area contributed by atoms with Crippen LogP contribution in [0.1, 0.15) is 35.7 Å². The molecule has 0 unspecified atom stereocenters. The highest BCUT2D eigenvalue weighted by molar-refractivity contribution is 7.89. The molecule has 1 saturated heterocycles. The summed E-state index contributed by atoms with van der Waals surface area (Å²) >= 11 is 5.92. The summed E-state index contributed by atoms with van der Waals surface area (Å²) in [6, 6.07) is 14.5. The minimum atomic E-state index is -3.23. The number of sulfonamides is 1. The fraction of sp³-hybridized carbons (Fsp3) is 0.409. The van der Waals surface area contributed by atoms with Crippen LogP contribution in [-0.2, 0) is 16.6 Å². The summed E-state index contributed by atoms with van der Waals surface area (Å²) in [5.74, 6) is 0.521. The molecule has 30 heavy (non-hydrogen) atoms. The summed E-state index contributed by atoms with van der Waals surface area (Å²) in [5.41, 5.74) is 1.47. The van der Waals surface area contributed by atoms with Crippen LogP contribution in [0.5, 0.6) is 5.75 Å². The van der Waals surface area contributed by atoms with Crippen LogP contribution in [0.15, 0.2) is 48.5 Å². The van der Waals surface area contributed by atoms with E-state index >= 15 is 0 Å². The van der Waals surface area contributed by atoms with E-state index in [0.717, 1.165) is 5.56 Å². The lowest BCUT2D eigenvalue weighted by Gasteiger charge is -2.36. The van der Waals surface area contributed by atoms with E-state index in [-0.39, 0.29) is 17.7 Å². The lowest BCUT2D eigenvalue weighted by Crippen LogP contribution is -2.47. The highest BCUT2D eigenvalue weighted by atomic mass is 35.5. The topological polar surface area (TPSA) is 66.9 Å². The molecule has 0 spiro atoms. The third kappa shape index (κ3) is 5.33. The van der Waals surface area contributed by atoms with E-state index < -0.39 is 10.0 Å². The van der Waals surface area contributed by atoms with E-state index in [0.29, 0.717) is 48.9 Å². The van der Waals surface area contributed by atoms with Gasteiger partial charge in [0, 0.05) is 31.2 Å². The quantitative estimate of drug-likeness (QED) is 0.643. The molecule has 0 N–H and O–H groups in total. The Bertz CT molecular complexity index is 971. The van der Waals surface area contributed by atoms with E-state index in [1.165, 1.54) is 4.31 Å². The van der Waals surface area contributed by atoms with Gasteiger partial charge < -0.3 is 9.64 Å². The lowest BCUT2D eigenvalue weighted by molar-refractivity contribution is 0.0681. The van der Waals surface area contributed by atoms with Gasteiger partial charge in [-0.2, -0.15) is 0 Å². The van der Waals surface area contributed by atoms with Crippen molar-refractivity contribution in [2.24, 2.45) is 0 Å². The summed E-state index contributed by atoms with van der Waals surface area (Å²) < 4.78 is 31.6. The van der Waals surface area contributed by atoms with Crippen LogP contribution in [0.3, 0.4) is 0 Å². The Morgan fingerprint density at radius 2 is 1.77 bits per heavy atom. The van der Waals surface area contributed by atoms with Crippen molar-refractivity contribution in [2.75, 3.05) is 25.9 Å². The van der Waals surface area contributed by atoms with Gasteiger partial charge in [-0.3, -0.25) is 4.79 Å². The molecule has 162 valence electrons. The van der Waals surface area contributed by atoms with Crippen molar-refractivity contribution < 1.29 is 17.9 Å². The average Bonchev–Trinajstić information content (AvgIpc) is 2.78. The molecule has 3 rings (SSSR count). The van der Waals surface area contributed by atoms with Crippen molar-refractivity contribution in [3.05, 3.63) is 64.7 Å². The van der Waals surface area contributed by atoms with Crippen LogP contribution in [0.2, 0.25) is 5.02 Å². The summed E-state index contributed by atoms with van der Waals surface area (Å²) in [6.07, 6.45) is 1.24. The van der Waals surface area contributed by atoms with Crippen molar-refractivity contribution >= 4 is 27.5 Å². The molecule has 2 aromatic rings. The molecule has 0 radical (unpaired) electrons. The Morgan fingerprint density at radius 3 is 2.40 bits per heavy atom. The summed E-state index contributed by atoms with van der Waals surface area (Å²) in [6.45, 7) is 3.01. The maximum Gasteiger partial charge on any atom is 0.257 e. The SMILES string of the molecule is CCS(=O)(=O)N(C)C1CCN(C(=O)c2ccccc2OCc2ccc(Cl)cc2)CC1. The third-order valence-electron chi connectivity index (χ3n) is 5.49. The van der Waals surface area contributed by atoms with Crippen LogP contribution < -0.4 is 4.74 Å². The van der Waals surface area contributed by atoms with E-state index in [9.17, 15) is 13.2 Å². The maximum atomic E-state index is 13.1. The molecular weight excluding hydrogens is 424 g/mol. The van der Waals surface area contributed by atoms with Crippen molar-refractivity contribution in [1.82, 2.24) is 9.21 Å². The first-order chi connectivity index (χ1) is 14.3. The van der Waals surface area contributed by atoms with Gasteiger partial charge in [-0.15, -0.1) is 0 Å². The molecule has 0 aliphatic carbocycles. The molecule has 0 aromatic heterocycles. The molecule has 1 fully saturated rings. The molecule has 1 heterocycles. The Hall–Kier alpha value is -2.09. The predicted molar refractivity (Wildman–Crippen MR) is 118 cm³/mol. The van der Waals surface area contributed by atoms with Gasteiger partial charge in [0.15, 0.2) is 0 Å². The summed E-state index contributed by atoms with van der Waals surface area (Å²) in [7, 11) is -1.60. The maximum absolute atomic E-state index is 13.1. The van der Waals surface area contributed by atoms with Gasteiger partial charge in [0.05, 0.1) is 11.3 Å². The molecule has 8 heteroatoms. The number of piperidine rings is 1. The van der Waals surface area contributed by atoms with Crippen LogP contribution >= 0.6 is 11.6 Å². The Balaban J connectivity index is 1.64. The molecule has 1 amide bonds. The number of halogens is 1. The zero-order valence-corrected chi connectivity index (χ0v) is 18.8. The number of rotatable bonds is 7. The number of hydrogen-bond acceptors (Lipinski definition) is 4. The second-order valence-corrected chi connectivity index (χ2v) is 10.1. The minimum Gasteiger partial charge on any atom is -0.488 e. The number of nitrogens with zero attached hydrogens (tertiary/aromatic N) is 2. The molecule has 0 atom stereocenters. The fourth-order valence-corrected chi connectivity index (χ4v) is 4.74. The highest BCUT2D eigenvalue weighted by Crippen LogP contribution is 2.25. The largest absolute Gasteiger partial charge is 0.488 e.